The van der Waals surface area contributed by atoms with Gasteiger partial charge in [0, 0.05) is 29.7 Å². The quantitative estimate of drug-likeness (QED) is 0.498. The molecule has 0 spiro atoms. The Balaban J connectivity index is 1.51. The Morgan fingerprint density at radius 2 is 1.82 bits per heavy atom. The molecule has 1 atom stereocenters. The lowest BCUT2D eigenvalue weighted by Gasteiger charge is -2.26. The van der Waals surface area contributed by atoms with E-state index in [0.29, 0.717) is 12.2 Å². The predicted octanol–water partition coefficient (Wildman–Crippen LogP) is 3.44. The van der Waals surface area contributed by atoms with Gasteiger partial charge in [-0.2, -0.15) is 0 Å². The third kappa shape index (κ3) is 3.61. The first-order valence-electron chi connectivity index (χ1n) is 10.8. The van der Waals surface area contributed by atoms with Gasteiger partial charge in [-0.15, -0.1) is 0 Å². The maximum Gasteiger partial charge on any atom is 0.272 e. The Bertz CT molecular complexity index is 1330. The maximum atomic E-state index is 13.6. The lowest BCUT2D eigenvalue weighted by Crippen LogP contribution is -2.39. The molecule has 4 aromatic rings. The van der Waals surface area contributed by atoms with Crippen LogP contribution in [0.15, 0.2) is 72.9 Å². The summed E-state index contributed by atoms with van der Waals surface area (Å²) in [5.41, 5.74) is 4.24. The zero-order valence-corrected chi connectivity index (χ0v) is 18.5. The smallest absolute Gasteiger partial charge is 0.272 e. The van der Waals surface area contributed by atoms with Crippen molar-refractivity contribution in [1.82, 2.24) is 19.8 Å². The molecule has 1 unspecified atom stereocenters. The summed E-state index contributed by atoms with van der Waals surface area (Å²) < 4.78 is 7.23. The van der Waals surface area contributed by atoms with Crippen molar-refractivity contribution in [1.29, 1.82) is 0 Å². The molecule has 3 heterocycles. The molecule has 0 saturated heterocycles. The minimum Gasteiger partial charge on any atom is -0.497 e. The Hall–Kier alpha value is -4.13. The second kappa shape index (κ2) is 8.43. The van der Waals surface area contributed by atoms with Gasteiger partial charge in [0.25, 0.3) is 5.91 Å². The highest BCUT2D eigenvalue weighted by Gasteiger charge is 2.42. The van der Waals surface area contributed by atoms with Gasteiger partial charge in [0.2, 0.25) is 5.91 Å². The third-order valence-electron chi connectivity index (χ3n) is 6.13. The number of hydrogen-bond acceptors (Lipinski definition) is 4. The molecule has 2 aromatic carbocycles. The molecule has 1 aliphatic heterocycles. The topological polar surface area (TPSA) is 76.5 Å². The van der Waals surface area contributed by atoms with Crippen LogP contribution in [0, 0.1) is 0 Å². The number of nitrogens with zero attached hydrogens (tertiary/aromatic N) is 3. The van der Waals surface area contributed by atoms with E-state index in [1.807, 2.05) is 78.3 Å². The van der Waals surface area contributed by atoms with Crippen LogP contribution in [0.3, 0.4) is 0 Å². The lowest BCUT2D eigenvalue weighted by molar-refractivity contribution is -0.122. The van der Waals surface area contributed by atoms with Crippen LogP contribution in [0.25, 0.3) is 10.9 Å². The summed E-state index contributed by atoms with van der Waals surface area (Å²) in [5, 5.41) is 3.90. The van der Waals surface area contributed by atoms with Gasteiger partial charge >= 0.3 is 0 Å². The van der Waals surface area contributed by atoms with Gasteiger partial charge in [0.05, 0.1) is 25.4 Å². The van der Waals surface area contributed by atoms with Crippen LogP contribution in [0.5, 0.6) is 5.75 Å². The number of pyridine rings is 1. The molecule has 33 heavy (non-hydrogen) atoms. The number of carbonyl (C=O) groups is 2. The Labute approximate surface area is 191 Å². The molecule has 0 radical (unpaired) electrons. The van der Waals surface area contributed by atoms with E-state index in [1.54, 1.807) is 18.2 Å². The minimum atomic E-state index is -0.370. The molecule has 0 saturated carbocycles. The van der Waals surface area contributed by atoms with Gasteiger partial charge < -0.3 is 19.5 Å². The highest BCUT2D eigenvalue weighted by atomic mass is 16.5. The first-order valence-corrected chi connectivity index (χ1v) is 10.8. The molecule has 1 N–H and O–H groups in total. The van der Waals surface area contributed by atoms with E-state index in [2.05, 4.69) is 10.3 Å². The number of para-hydroxylation sites is 1. The second-order valence-electron chi connectivity index (χ2n) is 8.05. The number of aryl methyl sites for hydroxylation is 1. The van der Waals surface area contributed by atoms with Crippen molar-refractivity contribution in [3.63, 3.8) is 0 Å². The van der Waals surface area contributed by atoms with Gasteiger partial charge in [0.15, 0.2) is 0 Å². The molecular formula is C26H24N4O3. The van der Waals surface area contributed by atoms with Crippen LogP contribution in [-0.2, 0) is 18.4 Å². The molecule has 7 nitrogen and oxygen atoms in total. The zero-order chi connectivity index (χ0) is 22.9. The van der Waals surface area contributed by atoms with E-state index in [9.17, 15) is 9.59 Å². The SMILES string of the molecule is COc1ccc(C2c3c(n(C)c4ccccc34)C(=O)N2CC(=O)NCc2ccccn2)cc1. The summed E-state index contributed by atoms with van der Waals surface area (Å²) in [4.78, 5) is 32.3. The zero-order valence-electron chi connectivity index (χ0n) is 18.5. The number of methoxy groups -OCH3 is 1. The van der Waals surface area contributed by atoms with Crippen LogP contribution in [0.4, 0.5) is 0 Å². The normalized spacial score (nSPS) is 15.0. The van der Waals surface area contributed by atoms with Crippen molar-refractivity contribution in [3.05, 3.63) is 95.4 Å². The van der Waals surface area contributed by atoms with Crippen LogP contribution in [0.2, 0.25) is 0 Å². The van der Waals surface area contributed by atoms with E-state index in [-0.39, 0.29) is 24.4 Å². The third-order valence-corrected chi connectivity index (χ3v) is 6.13. The van der Waals surface area contributed by atoms with E-state index >= 15 is 0 Å². The summed E-state index contributed by atoms with van der Waals surface area (Å²) in [5.74, 6) is 0.350. The van der Waals surface area contributed by atoms with E-state index in [1.165, 1.54) is 0 Å². The average Bonchev–Trinajstić information content (AvgIpc) is 3.31. The molecule has 0 fully saturated rings. The second-order valence-corrected chi connectivity index (χ2v) is 8.05. The molecule has 0 bridgehead atoms. The number of nitrogens with one attached hydrogen (secondary N) is 1. The summed E-state index contributed by atoms with van der Waals surface area (Å²) in [6.07, 6.45) is 1.69. The lowest BCUT2D eigenvalue weighted by atomic mass is 9.98. The maximum absolute atomic E-state index is 13.6. The van der Waals surface area contributed by atoms with Gasteiger partial charge in [-0.25, -0.2) is 0 Å². The number of fused-ring (bicyclic) bond motifs is 3. The van der Waals surface area contributed by atoms with Crippen molar-refractivity contribution in [2.24, 2.45) is 7.05 Å². The summed E-state index contributed by atoms with van der Waals surface area (Å²) in [6, 6.07) is 20.8. The molecule has 7 heteroatoms. The van der Waals surface area contributed by atoms with E-state index in [0.717, 1.165) is 33.5 Å². The van der Waals surface area contributed by atoms with Crippen molar-refractivity contribution in [3.8, 4) is 5.75 Å². The summed E-state index contributed by atoms with van der Waals surface area (Å²) in [7, 11) is 3.52. The van der Waals surface area contributed by atoms with Gasteiger partial charge in [-0.3, -0.25) is 14.6 Å². The first-order chi connectivity index (χ1) is 16.1. The van der Waals surface area contributed by atoms with Crippen LogP contribution < -0.4 is 10.1 Å². The monoisotopic (exact) mass is 440 g/mol. The molecule has 2 aromatic heterocycles. The van der Waals surface area contributed by atoms with Crippen LogP contribution >= 0.6 is 0 Å². The summed E-state index contributed by atoms with van der Waals surface area (Å²) in [6.45, 7) is 0.260. The fraction of sp³-hybridized carbons (Fsp3) is 0.192. The molecule has 5 rings (SSSR count). The number of aromatic nitrogens is 2. The van der Waals surface area contributed by atoms with Crippen molar-refractivity contribution in [2.75, 3.05) is 13.7 Å². The molecular weight excluding hydrogens is 416 g/mol. The van der Waals surface area contributed by atoms with Gasteiger partial charge in [-0.1, -0.05) is 36.4 Å². The minimum absolute atomic E-state index is 0.0502. The summed E-state index contributed by atoms with van der Waals surface area (Å²) >= 11 is 0. The number of amides is 2. The number of ether oxygens (including phenoxy) is 1. The van der Waals surface area contributed by atoms with E-state index < -0.39 is 0 Å². The average molecular weight is 441 g/mol. The van der Waals surface area contributed by atoms with Gasteiger partial charge in [-0.05, 0) is 35.9 Å². The highest BCUT2D eigenvalue weighted by molar-refractivity contribution is 6.07. The number of rotatable bonds is 6. The number of benzene rings is 2. The number of carbonyl (C=O) groups excluding carboxylic acids is 2. The molecule has 0 aliphatic carbocycles. The highest BCUT2D eigenvalue weighted by Crippen LogP contribution is 2.43. The van der Waals surface area contributed by atoms with E-state index in [4.69, 9.17) is 4.74 Å². The van der Waals surface area contributed by atoms with Crippen LogP contribution in [0.1, 0.15) is 33.4 Å². The van der Waals surface area contributed by atoms with Crippen LogP contribution in [-0.4, -0.2) is 39.9 Å². The van der Waals surface area contributed by atoms with Crippen molar-refractivity contribution >= 4 is 22.7 Å². The molecule has 1 aliphatic rings. The molecule has 166 valence electrons. The Kier molecular flexibility index (Phi) is 5.30. The Morgan fingerprint density at radius 1 is 1.06 bits per heavy atom. The van der Waals surface area contributed by atoms with Crippen molar-refractivity contribution < 1.29 is 14.3 Å². The number of hydrogen-bond donors (Lipinski definition) is 1. The standard InChI is InChI=1S/C26H24N4O3/c1-29-21-9-4-3-8-20(21)23-24(17-10-12-19(33-2)13-11-17)30(26(32)25(23)29)16-22(31)28-15-18-7-5-6-14-27-18/h3-14,24H,15-16H2,1-2H3,(H,28,31). The van der Waals surface area contributed by atoms with Crippen molar-refractivity contribution in [2.45, 2.75) is 12.6 Å². The Morgan fingerprint density at radius 3 is 2.55 bits per heavy atom. The van der Waals surface area contributed by atoms with Gasteiger partial charge in [0.1, 0.15) is 18.0 Å². The largest absolute Gasteiger partial charge is 0.497 e. The fourth-order valence-electron chi connectivity index (χ4n) is 4.57. The molecule has 2 amide bonds. The fourth-order valence-corrected chi connectivity index (χ4v) is 4.57. The predicted molar refractivity (Wildman–Crippen MR) is 125 cm³/mol. The first kappa shape index (κ1) is 20.8.